The molecular weight excluding hydrogens is 2010 g/mol. The smallest absolute Gasteiger partial charge is 0.550 e. The Morgan fingerprint density at radius 1 is 0.175 bits per heavy atom. The van der Waals surface area contributed by atoms with Crippen molar-refractivity contribution in [2.45, 2.75) is 152 Å². The molecule has 0 bridgehead atoms. The Bertz CT molecular complexity index is 1250. The van der Waals surface area contributed by atoms with E-state index in [-0.39, 0.29) is 210 Å². The molecule has 0 unspecified atom stereocenters. The first-order chi connectivity index (χ1) is 38.1. The third-order valence-electron chi connectivity index (χ3n) is 0. The number of carboxylic acids is 22. The first-order valence-corrected chi connectivity index (χ1v) is 20.0. The number of carboxylic acid groups (broad SMARTS) is 22. The Morgan fingerprint density at radius 2 is 0.175 bits per heavy atom. The van der Waals surface area contributed by atoms with Crippen molar-refractivity contribution in [2.75, 3.05) is 0 Å². The number of hydrogen-bond acceptors (Lipinski definition) is 44. The van der Waals surface area contributed by atoms with Crippen LogP contribution in [0, 0.1) is 0 Å². The van der Waals surface area contributed by atoms with Gasteiger partial charge in [0, 0.05) is 152 Å². The largest absolute Gasteiger partial charge is 4.00 e. The Kier molecular flexibility index (Phi) is 418. The van der Waals surface area contributed by atoms with Crippen molar-refractivity contribution < 1.29 is 404 Å². The van der Waals surface area contributed by atoms with E-state index >= 15 is 0 Å². The van der Waals surface area contributed by atoms with E-state index in [2.05, 4.69) is 0 Å². The van der Waals surface area contributed by atoms with Crippen LogP contribution >= 0.6 is 0 Å². The van der Waals surface area contributed by atoms with Crippen molar-refractivity contribution in [3.63, 3.8) is 0 Å². The van der Waals surface area contributed by atoms with E-state index in [9.17, 15) is 0 Å². The predicted octanol–water partition coefficient (Wildman–Crippen LogP) is -30.8. The number of rotatable bonds is 0. The topological polar surface area (TPSA) is 883 Å². The van der Waals surface area contributed by atoms with Crippen molar-refractivity contribution in [1.82, 2.24) is 0 Å². The van der Waals surface area contributed by atoms with Gasteiger partial charge in [0.25, 0.3) is 0 Å². The van der Waals surface area contributed by atoms with Crippen molar-refractivity contribution in [3.05, 3.63) is 0 Å². The normalized spacial score (nSPS) is 5.67. The van der Waals surface area contributed by atoms with Crippen molar-refractivity contribution in [2.24, 2.45) is 0 Å². The summed E-state index contributed by atoms with van der Waals surface area (Å²) in [5, 5.41) is 196. The van der Waals surface area contributed by atoms with Crippen LogP contribution in [0.3, 0.4) is 0 Å². The van der Waals surface area contributed by atoms with E-state index in [1.54, 1.807) is 0 Å². The van der Waals surface area contributed by atoms with Gasteiger partial charge in [-0.15, -0.1) is 0 Å². The minimum atomic E-state index is -1.08. The van der Waals surface area contributed by atoms with Crippen molar-refractivity contribution in [1.29, 1.82) is 0 Å². The molecule has 0 aliphatic carbocycles. The predicted molar refractivity (Wildman–Crippen MR) is 241 cm³/mol. The van der Waals surface area contributed by atoms with Crippen LogP contribution in [0.15, 0.2) is 0 Å². The summed E-state index contributed by atoms with van der Waals surface area (Å²) < 4.78 is 0. The maximum absolute atomic E-state index is 8.89. The molecule has 0 fully saturated rings. The zero-order valence-electron chi connectivity index (χ0n) is 55.2. The first-order valence-electron chi connectivity index (χ1n) is 20.0. The summed E-state index contributed by atoms with van der Waals surface area (Å²) in [6.07, 6.45) is 0. The molecule has 572 valence electrons. The van der Waals surface area contributed by atoms with Gasteiger partial charge in [-0.1, -0.05) is 0 Å². The van der Waals surface area contributed by atoms with Gasteiger partial charge in [-0.25, -0.2) is 0 Å². The van der Waals surface area contributed by atoms with E-state index < -0.39 is 131 Å². The molecule has 0 heterocycles. The third kappa shape index (κ3) is 29400. The van der Waals surface area contributed by atoms with Crippen LogP contribution in [0.4, 0.5) is 0 Å². The second-order valence-corrected chi connectivity index (χ2v) is 10.8. The van der Waals surface area contributed by atoms with Crippen LogP contribution in [0.1, 0.15) is 152 Å². The number of aliphatic carboxylic acids is 22. The van der Waals surface area contributed by atoms with E-state index in [0.29, 0.717) is 0 Å². The SMILES string of the molecule is CC(=O)[O-].CC(=O)[O-].CC(=O)[O-].CC(=O)[O-].CC(=O)[O-].CC(=O)[O-].CC(=O)[O-].CC(=O)[O-].CC(=O)[O-].CC(=O)[O-].CC(=O)[O-].CC(=O)[O-].CC(=O)[O-].CC(=O)[O-].CC(=O)[O-].CC(=O)[O-].CC(=O)[O-].CC(=O)[O-].CC(=O)[O-].CC(=O)[O-].CC(=O)[O-].CC(=O)[O-].[Au+3].[Co+2].[Fe+2].[K+].[Mg+2].[Ni+2].[Pd+2].[Re].[Ti+4]. The zero-order chi connectivity index (χ0) is 78.7. The van der Waals surface area contributed by atoms with Crippen LogP contribution in [-0.2, 0) is 241 Å². The van der Waals surface area contributed by atoms with E-state index in [1.165, 1.54) is 0 Å². The molecule has 44 nitrogen and oxygen atoms in total. The molecular formula is C44H66AuCoFeKMgNiO44PdReTi-4. The van der Waals surface area contributed by atoms with Crippen LogP contribution in [-0.4, -0.2) is 154 Å². The molecule has 0 aromatic rings. The number of hydrogen-bond donors (Lipinski definition) is 0. The molecule has 0 aromatic carbocycles. The molecule has 0 amide bonds. The van der Waals surface area contributed by atoms with Gasteiger partial charge in [0.05, 0.1) is 0 Å². The average Bonchev–Trinajstić information content (AvgIpc) is 3.06. The fraction of sp³-hybridized carbons (Fsp3) is 0.500. The summed E-state index contributed by atoms with van der Waals surface area (Å²) in [5.41, 5.74) is 0. The van der Waals surface area contributed by atoms with Crippen LogP contribution in [0.25, 0.3) is 0 Å². The van der Waals surface area contributed by atoms with Gasteiger partial charge in [-0.3, -0.25) is 0 Å². The Labute approximate surface area is 703 Å². The third-order valence-corrected chi connectivity index (χ3v) is 0. The molecule has 2 radical (unpaired) electrons. The van der Waals surface area contributed by atoms with Gasteiger partial charge in [0.1, 0.15) is 0 Å². The number of carbonyl (C=O) groups excluding carboxylic acids is 22. The van der Waals surface area contributed by atoms with Crippen LogP contribution in [0.5, 0.6) is 0 Å². The minimum absolute atomic E-state index is 0. The zero-order valence-corrected chi connectivity index (χ0v) is 70.8. The molecule has 0 saturated carbocycles. The Morgan fingerprint density at radius 3 is 0.175 bits per heavy atom. The van der Waals surface area contributed by atoms with E-state index in [1.807, 2.05) is 0 Å². The Balaban J connectivity index is -0.0000000162. The van der Waals surface area contributed by atoms with Gasteiger partial charge in [-0.2, -0.15) is 0 Å². The summed E-state index contributed by atoms with van der Waals surface area (Å²) in [6.45, 7) is 21.4. The van der Waals surface area contributed by atoms with Gasteiger partial charge in [-0.05, 0) is 152 Å². The van der Waals surface area contributed by atoms with Crippen molar-refractivity contribution in [3.8, 4) is 0 Å². The molecule has 0 aliphatic rings. The van der Waals surface area contributed by atoms with Gasteiger partial charge in [0.15, 0.2) is 0 Å². The summed E-state index contributed by atoms with van der Waals surface area (Å²) in [5.74, 6) is -23.8. The molecule has 0 aliphatic heterocycles. The number of carbonyl (C=O) groups is 22. The first kappa shape index (κ1) is 205. The van der Waals surface area contributed by atoms with Crippen molar-refractivity contribution >= 4 is 154 Å². The average molecular weight is 2070 g/mol. The molecule has 0 atom stereocenters. The standard InChI is InChI=1S/22C2H4O2.Au.Co.Fe.K.Mg.Ni.Pd.Re.Ti/c22*1-2(3)4;;;;;;;;;/h22*1H3,(H,3,4);;;;;;;;;/q;;;;;;;;;;;;;;;;;;;;;;+3;2*+2;+1;3*+2;;+4/p-22. The summed E-state index contributed by atoms with van der Waals surface area (Å²) in [7, 11) is 0. The fourth-order valence-electron chi connectivity index (χ4n) is 0. The molecule has 0 spiro atoms. The molecule has 0 N–H and O–H groups in total. The second-order valence-electron chi connectivity index (χ2n) is 10.8. The summed E-state index contributed by atoms with van der Waals surface area (Å²) >= 11 is 0. The summed E-state index contributed by atoms with van der Waals surface area (Å²) in [6, 6.07) is 0. The van der Waals surface area contributed by atoms with Gasteiger partial charge < -0.3 is 218 Å². The molecule has 0 saturated heterocycles. The molecule has 97 heavy (non-hydrogen) atoms. The summed E-state index contributed by atoms with van der Waals surface area (Å²) in [4.78, 5) is 196. The molecule has 0 aromatic heterocycles. The quantitative estimate of drug-likeness (QED) is 0.203. The molecule has 0 rings (SSSR count). The van der Waals surface area contributed by atoms with E-state index in [0.717, 1.165) is 152 Å². The Hall–Kier alpha value is -4.96. The van der Waals surface area contributed by atoms with Gasteiger partial charge >= 0.3 is 189 Å². The maximum Gasteiger partial charge on any atom is 4.00 e. The maximum atomic E-state index is 8.89. The van der Waals surface area contributed by atoms with Gasteiger partial charge in [0.2, 0.25) is 0 Å². The molecule has 53 heteroatoms. The second kappa shape index (κ2) is 198. The fourth-order valence-corrected chi connectivity index (χ4v) is 0. The van der Waals surface area contributed by atoms with E-state index in [4.69, 9.17) is 218 Å². The monoisotopic (exact) mass is 2070 g/mol. The van der Waals surface area contributed by atoms with Crippen LogP contribution in [0.2, 0.25) is 0 Å². The van der Waals surface area contributed by atoms with Crippen LogP contribution < -0.4 is 164 Å². The minimum Gasteiger partial charge on any atom is -0.550 e.